The lowest BCUT2D eigenvalue weighted by Crippen LogP contribution is -2.17. The summed E-state index contributed by atoms with van der Waals surface area (Å²) in [5.74, 6) is 0.919. The molecule has 8 heteroatoms. The van der Waals surface area contributed by atoms with Crippen molar-refractivity contribution in [3.63, 3.8) is 0 Å². The quantitative estimate of drug-likeness (QED) is 0.304. The van der Waals surface area contributed by atoms with E-state index in [2.05, 4.69) is 27.4 Å². The Bertz CT molecular complexity index is 1010. The van der Waals surface area contributed by atoms with E-state index in [0.717, 1.165) is 29.8 Å². The molecule has 0 bridgehead atoms. The van der Waals surface area contributed by atoms with Crippen molar-refractivity contribution in [3.05, 3.63) is 48.0 Å². The molecule has 1 aliphatic heterocycles. The average molecular weight is 410 g/mol. The lowest BCUT2D eigenvalue weighted by molar-refractivity contribution is 0.224. The van der Waals surface area contributed by atoms with Gasteiger partial charge >= 0.3 is 0 Å². The smallest absolute Gasteiger partial charge is 0.247 e. The third-order valence-electron chi connectivity index (χ3n) is 4.61. The molecule has 0 fully saturated rings. The van der Waals surface area contributed by atoms with Gasteiger partial charge < -0.3 is 20.3 Å². The molecule has 0 spiro atoms. The van der Waals surface area contributed by atoms with Gasteiger partial charge in [0.25, 0.3) is 0 Å². The molecule has 0 unspecified atom stereocenters. The van der Waals surface area contributed by atoms with Crippen molar-refractivity contribution < 1.29 is 14.9 Å². The van der Waals surface area contributed by atoms with E-state index in [-0.39, 0.29) is 11.5 Å². The first-order valence-corrected chi connectivity index (χ1v) is 10.6. The monoisotopic (exact) mass is 410 g/mol. The van der Waals surface area contributed by atoms with Crippen molar-refractivity contribution in [1.29, 1.82) is 0 Å². The van der Waals surface area contributed by atoms with Crippen LogP contribution in [0.25, 0.3) is 11.3 Å². The van der Waals surface area contributed by atoms with Gasteiger partial charge in [0.15, 0.2) is 23.4 Å². The van der Waals surface area contributed by atoms with Crippen LogP contribution in [0.4, 0.5) is 5.69 Å². The zero-order valence-electron chi connectivity index (χ0n) is 16.0. The van der Waals surface area contributed by atoms with Gasteiger partial charge in [-0.2, -0.15) is 4.98 Å². The highest BCUT2D eigenvalue weighted by atomic mass is 32.2. The van der Waals surface area contributed by atoms with Gasteiger partial charge in [-0.05, 0) is 30.7 Å². The second kappa shape index (κ2) is 8.57. The second-order valence-corrected chi connectivity index (χ2v) is 7.80. The minimum Gasteiger partial charge on any atom is -0.504 e. The minimum absolute atomic E-state index is 0.182. The van der Waals surface area contributed by atoms with Crippen LogP contribution in [0, 0.1) is 0 Å². The van der Waals surface area contributed by atoms with Crippen LogP contribution in [0.5, 0.6) is 17.4 Å². The molecular weight excluding hydrogens is 388 g/mol. The van der Waals surface area contributed by atoms with Crippen LogP contribution in [-0.2, 0) is 0 Å². The van der Waals surface area contributed by atoms with Crippen LogP contribution in [0.2, 0.25) is 0 Å². The maximum absolute atomic E-state index is 9.90. The van der Waals surface area contributed by atoms with E-state index in [1.807, 2.05) is 24.3 Å². The Labute approximate surface area is 173 Å². The van der Waals surface area contributed by atoms with Crippen LogP contribution in [0.1, 0.15) is 38.0 Å². The number of hydrogen-bond donors (Lipinski definition) is 3. The largest absolute Gasteiger partial charge is 0.504 e. The first-order valence-electron chi connectivity index (χ1n) is 9.57. The van der Waals surface area contributed by atoms with Crippen LogP contribution < -0.4 is 10.1 Å². The minimum atomic E-state index is -0.612. The summed E-state index contributed by atoms with van der Waals surface area (Å²) in [4.78, 5) is 4.60. The number of rotatable bonds is 6. The maximum Gasteiger partial charge on any atom is 0.247 e. The molecular formula is C21H22N4O3S. The number of anilines is 1. The highest BCUT2D eigenvalue weighted by Crippen LogP contribution is 2.40. The standard InChI is InChI=1S/C21H22N4O3S/c1-2-3-6-11-29-21-23-20-18(24-25-21)14-7-4-5-8-15(14)22-19(28-20)13-9-10-16(26)17(27)12-13/h4-5,7-10,12,19,22,26-27H,2-3,6,11H2,1H3/t19-/m1/s1. The van der Waals surface area contributed by atoms with Crippen molar-refractivity contribution >= 4 is 17.4 Å². The molecule has 0 saturated carbocycles. The number of thioether (sulfide) groups is 1. The fraction of sp³-hybridized carbons (Fsp3) is 0.286. The van der Waals surface area contributed by atoms with E-state index >= 15 is 0 Å². The van der Waals surface area contributed by atoms with E-state index in [0.29, 0.717) is 22.3 Å². The van der Waals surface area contributed by atoms with E-state index in [9.17, 15) is 10.2 Å². The number of phenolic OH excluding ortho intramolecular Hbond substituents is 2. The molecule has 3 aromatic rings. The number of ether oxygens (including phenoxy) is 1. The third kappa shape index (κ3) is 4.22. The Morgan fingerprint density at radius 3 is 2.76 bits per heavy atom. The van der Waals surface area contributed by atoms with Crippen LogP contribution in [-0.4, -0.2) is 31.1 Å². The second-order valence-electron chi connectivity index (χ2n) is 6.74. The summed E-state index contributed by atoms with van der Waals surface area (Å²) >= 11 is 1.56. The Kier molecular flexibility index (Phi) is 5.71. The molecule has 29 heavy (non-hydrogen) atoms. The molecule has 3 N–H and O–H groups in total. The highest BCUT2D eigenvalue weighted by Gasteiger charge is 2.26. The van der Waals surface area contributed by atoms with Crippen molar-refractivity contribution in [3.8, 4) is 28.6 Å². The predicted octanol–water partition coefficient (Wildman–Crippen LogP) is 4.74. The lowest BCUT2D eigenvalue weighted by atomic mass is 10.1. The van der Waals surface area contributed by atoms with Gasteiger partial charge in [-0.3, -0.25) is 0 Å². The third-order valence-corrected chi connectivity index (χ3v) is 5.54. The Hall–Kier alpha value is -3.00. The fourth-order valence-corrected chi connectivity index (χ4v) is 3.86. The summed E-state index contributed by atoms with van der Waals surface area (Å²) in [7, 11) is 0. The summed E-state index contributed by atoms with van der Waals surface area (Å²) in [6, 6.07) is 12.3. The molecule has 150 valence electrons. The molecule has 4 rings (SSSR count). The van der Waals surface area contributed by atoms with Gasteiger partial charge in [0.05, 0.1) is 0 Å². The van der Waals surface area contributed by atoms with E-state index < -0.39 is 6.23 Å². The van der Waals surface area contributed by atoms with Crippen LogP contribution in [0.15, 0.2) is 47.6 Å². The SMILES string of the molecule is CCCCCSc1nnc2c(n1)O[C@H](c1ccc(O)c(O)c1)Nc1ccccc1-2. The Morgan fingerprint density at radius 1 is 1.07 bits per heavy atom. The van der Waals surface area contributed by atoms with Crippen molar-refractivity contribution in [1.82, 2.24) is 15.2 Å². The molecule has 0 saturated heterocycles. The molecule has 0 radical (unpaired) electrons. The first kappa shape index (κ1) is 19.3. The number of hydrogen-bond acceptors (Lipinski definition) is 8. The van der Waals surface area contributed by atoms with Gasteiger partial charge in [-0.25, -0.2) is 0 Å². The van der Waals surface area contributed by atoms with Gasteiger partial charge in [0.2, 0.25) is 11.0 Å². The van der Waals surface area contributed by atoms with Gasteiger partial charge in [-0.15, -0.1) is 10.2 Å². The normalized spacial score (nSPS) is 14.9. The number of phenols is 2. The summed E-state index contributed by atoms with van der Waals surface area (Å²) in [6.45, 7) is 2.17. The summed E-state index contributed by atoms with van der Waals surface area (Å²) in [5.41, 5.74) is 2.88. The number of nitrogens with zero attached hydrogens (tertiary/aromatic N) is 3. The van der Waals surface area contributed by atoms with Crippen LogP contribution in [0.3, 0.4) is 0 Å². The molecule has 2 heterocycles. The molecule has 1 aliphatic rings. The molecule has 0 aliphatic carbocycles. The topological polar surface area (TPSA) is 100 Å². The van der Waals surface area contributed by atoms with E-state index in [1.165, 1.54) is 18.6 Å². The summed E-state index contributed by atoms with van der Waals surface area (Å²) in [5, 5.41) is 32.1. The number of aromatic nitrogens is 3. The number of aromatic hydroxyl groups is 2. The molecule has 1 atom stereocenters. The molecule has 1 aromatic heterocycles. The average Bonchev–Trinajstić information content (AvgIpc) is 2.89. The maximum atomic E-state index is 9.90. The summed E-state index contributed by atoms with van der Waals surface area (Å²) in [6.07, 6.45) is 2.82. The highest BCUT2D eigenvalue weighted by molar-refractivity contribution is 7.99. The number of unbranched alkanes of at least 4 members (excludes halogenated alkanes) is 2. The molecule has 2 aromatic carbocycles. The van der Waals surface area contributed by atoms with Crippen molar-refractivity contribution in [2.45, 2.75) is 37.6 Å². The van der Waals surface area contributed by atoms with Gasteiger partial charge in [0.1, 0.15) is 0 Å². The van der Waals surface area contributed by atoms with Crippen LogP contribution >= 0.6 is 11.8 Å². The van der Waals surface area contributed by atoms with Crippen molar-refractivity contribution in [2.75, 3.05) is 11.1 Å². The molecule has 0 amide bonds. The number of nitrogens with one attached hydrogen (secondary N) is 1. The zero-order valence-corrected chi connectivity index (χ0v) is 16.8. The van der Waals surface area contributed by atoms with Gasteiger partial charge in [-0.1, -0.05) is 49.7 Å². The predicted molar refractivity (Wildman–Crippen MR) is 112 cm³/mol. The molecule has 7 nitrogen and oxygen atoms in total. The Balaban J connectivity index is 1.69. The van der Waals surface area contributed by atoms with Gasteiger partial charge in [0, 0.05) is 22.6 Å². The number of benzene rings is 2. The fourth-order valence-electron chi connectivity index (χ4n) is 3.08. The number of fused-ring (bicyclic) bond motifs is 3. The summed E-state index contributed by atoms with van der Waals surface area (Å²) < 4.78 is 6.16. The lowest BCUT2D eigenvalue weighted by Gasteiger charge is -2.19. The number of para-hydroxylation sites is 1. The Morgan fingerprint density at radius 2 is 1.93 bits per heavy atom. The van der Waals surface area contributed by atoms with Crippen molar-refractivity contribution in [2.24, 2.45) is 0 Å². The zero-order chi connectivity index (χ0) is 20.2. The van der Waals surface area contributed by atoms with E-state index in [4.69, 9.17) is 4.74 Å². The first-order chi connectivity index (χ1) is 14.2. The van der Waals surface area contributed by atoms with E-state index in [1.54, 1.807) is 17.8 Å².